The van der Waals surface area contributed by atoms with Crippen LogP contribution in [-0.4, -0.2) is 78.6 Å². The third kappa shape index (κ3) is 7.41. The Morgan fingerprint density at radius 1 is 0.896 bits per heavy atom. The van der Waals surface area contributed by atoms with Crippen LogP contribution < -0.4 is 14.4 Å². The second kappa shape index (κ2) is 13.2. The fourth-order valence-corrected chi connectivity index (χ4v) is 9.30. The fourth-order valence-electron chi connectivity index (χ4n) is 9.30. The molecule has 5 aliphatic rings. The van der Waals surface area contributed by atoms with Gasteiger partial charge in [0.2, 0.25) is 0 Å². The predicted molar refractivity (Wildman–Crippen MR) is 177 cm³/mol. The summed E-state index contributed by atoms with van der Waals surface area (Å²) in [7, 11) is 1.90. The third-order valence-corrected chi connectivity index (χ3v) is 10.7. The molecule has 2 heterocycles. The highest BCUT2D eigenvalue weighted by molar-refractivity contribution is 5.92. The SMILES string of the molecule is CCOc1cccc(-c2cc(CN3CCN(c4ccc(C(=O)N(C)CC56CC7CC(CC(C7)C5)C6)nn4)CC3)cc(OC(F)(F)F)c2)c1. The van der Waals surface area contributed by atoms with E-state index in [-0.39, 0.29) is 17.1 Å². The highest BCUT2D eigenvalue weighted by atomic mass is 19.4. The van der Waals surface area contributed by atoms with E-state index in [0.717, 1.165) is 35.4 Å². The lowest BCUT2D eigenvalue weighted by Gasteiger charge is -2.57. The molecule has 0 unspecified atom stereocenters. The van der Waals surface area contributed by atoms with Gasteiger partial charge >= 0.3 is 6.36 Å². The number of piperazine rings is 1. The zero-order chi connectivity index (χ0) is 33.5. The van der Waals surface area contributed by atoms with Gasteiger partial charge in [0.05, 0.1) is 6.61 Å². The molecule has 8 rings (SSSR count). The van der Waals surface area contributed by atoms with Crippen molar-refractivity contribution in [1.29, 1.82) is 0 Å². The minimum atomic E-state index is -4.79. The molecule has 4 aliphatic carbocycles. The lowest BCUT2D eigenvalue weighted by atomic mass is 9.49. The van der Waals surface area contributed by atoms with Crippen LogP contribution in [0.2, 0.25) is 0 Å². The Labute approximate surface area is 280 Å². The second-order valence-electron chi connectivity index (χ2n) is 14.5. The number of anilines is 1. The number of hydrogen-bond donors (Lipinski definition) is 0. The summed E-state index contributed by atoms with van der Waals surface area (Å²) in [5.74, 6) is 3.57. The van der Waals surface area contributed by atoms with E-state index in [0.29, 0.717) is 62.2 Å². The fraction of sp³-hybridized carbons (Fsp3) is 0.541. The zero-order valence-electron chi connectivity index (χ0n) is 27.7. The van der Waals surface area contributed by atoms with Gasteiger partial charge in [0.1, 0.15) is 11.5 Å². The number of ether oxygens (including phenoxy) is 2. The summed E-state index contributed by atoms with van der Waals surface area (Å²) < 4.78 is 49.6. The number of rotatable bonds is 10. The first-order valence-corrected chi connectivity index (χ1v) is 17.2. The van der Waals surface area contributed by atoms with Crippen molar-refractivity contribution in [2.24, 2.45) is 23.2 Å². The van der Waals surface area contributed by atoms with Crippen LogP contribution in [0, 0.1) is 23.2 Å². The van der Waals surface area contributed by atoms with Gasteiger partial charge in [0.15, 0.2) is 11.5 Å². The van der Waals surface area contributed by atoms with Crippen LogP contribution in [-0.2, 0) is 6.54 Å². The van der Waals surface area contributed by atoms with Gasteiger partial charge in [-0.2, -0.15) is 0 Å². The van der Waals surface area contributed by atoms with Crippen molar-refractivity contribution in [2.75, 3.05) is 51.3 Å². The van der Waals surface area contributed by atoms with Crippen LogP contribution in [0.5, 0.6) is 11.5 Å². The van der Waals surface area contributed by atoms with Crippen LogP contribution in [0.25, 0.3) is 11.1 Å². The standard InChI is InChI=1S/C37H44F3N5O3/c1-3-47-31-6-4-5-29(18-31)30-16-28(17-32(19-30)48-37(38,39)40)23-44-9-11-45(12-10-44)34-8-7-33(41-42-34)35(46)43(2)24-36-20-25-13-26(21-36)15-27(14-25)22-36/h4-8,16-19,25-27H,3,9-15,20-24H2,1-2H3. The van der Waals surface area contributed by atoms with E-state index in [1.54, 1.807) is 6.07 Å². The topological polar surface area (TPSA) is 71.0 Å². The van der Waals surface area contributed by atoms with Gasteiger partial charge < -0.3 is 19.3 Å². The summed E-state index contributed by atoms with van der Waals surface area (Å²) in [4.78, 5) is 19.6. The molecular formula is C37H44F3N5O3. The Balaban J connectivity index is 0.965. The number of halogens is 3. The number of nitrogens with zero attached hydrogens (tertiary/aromatic N) is 5. The molecule has 0 radical (unpaired) electrons. The van der Waals surface area contributed by atoms with E-state index in [4.69, 9.17) is 4.74 Å². The van der Waals surface area contributed by atoms with Gasteiger partial charge in [0, 0.05) is 46.3 Å². The van der Waals surface area contributed by atoms with Gasteiger partial charge in [-0.25, -0.2) is 0 Å². The van der Waals surface area contributed by atoms with Crippen LogP contribution in [0.3, 0.4) is 0 Å². The number of aromatic nitrogens is 2. The molecule has 0 atom stereocenters. The van der Waals surface area contributed by atoms with Gasteiger partial charge in [-0.1, -0.05) is 12.1 Å². The average Bonchev–Trinajstić information content (AvgIpc) is 3.03. The minimum Gasteiger partial charge on any atom is -0.494 e. The molecule has 1 aliphatic heterocycles. The maximum absolute atomic E-state index is 13.4. The highest BCUT2D eigenvalue weighted by Gasteiger charge is 2.51. The van der Waals surface area contributed by atoms with E-state index in [9.17, 15) is 18.0 Å². The maximum atomic E-state index is 13.4. The quantitative estimate of drug-likeness (QED) is 0.230. The van der Waals surface area contributed by atoms with E-state index in [1.165, 1.54) is 50.7 Å². The van der Waals surface area contributed by atoms with Gasteiger partial charge in [0.25, 0.3) is 5.91 Å². The average molecular weight is 664 g/mol. The molecule has 3 aromatic rings. The van der Waals surface area contributed by atoms with Crippen molar-refractivity contribution in [1.82, 2.24) is 20.0 Å². The van der Waals surface area contributed by atoms with Crippen molar-refractivity contribution in [3.05, 3.63) is 65.9 Å². The number of carbonyl (C=O) groups is 1. The predicted octanol–water partition coefficient (Wildman–Crippen LogP) is 7.05. The van der Waals surface area contributed by atoms with E-state index in [2.05, 4.69) is 24.7 Å². The molecular weight excluding hydrogens is 619 g/mol. The second-order valence-corrected chi connectivity index (χ2v) is 14.5. The van der Waals surface area contributed by atoms with Gasteiger partial charge in [-0.15, -0.1) is 23.4 Å². The van der Waals surface area contributed by atoms with E-state index >= 15 is 0 Å². The largest absolute Gasteiger partial charge is 0.573 e. The lowest BCUT2D eigenvalue weighted by Crippen LogP contribution is -2.51. The van der Waals surface area contributed by atoms with Crippen LogP contribution in [0.1, 0.15) is 61.5 Å². The van der Waals surface area contributed by atoms with Crippen molar-refractivity contribution < 1.29 is 27.4 Å². The van der Waals surface area contributed by atoms with Crippen molar-refractivity contribution in [3.8, 4) is 22.6 Å². The monoisotopic (exact) mass is 663 g/mol. The summed E-state index contributed by atoms with van der Waals surface area (Å²) in [6.07, 6.45) is 3.12. The van der Waals surface area contributed by atoms with E-state index < -0.39 is 6.36 Å². The van der Waals surface area contributed by atoms with Crippen LogP contribution in [0.15, 0.2) is 54.6 Å². The van der Waals surface area contributed by atoms with Crippen molar-refractivity contribution in [2.45, 2.75) is 58.4 Å². The summed E-state index contributed by atoms with van der Waals surface area (Å²) >= 11 is 0. The lowest BCUT2D eigenvalue weighted by molar-refractivity contribution is -0.274. The Morgan fingerprint density at radius 2 is 1.58 bits per heavy atom. The number of carbonyl (C=O) groups excluding carboxylic acids is 1. The van der Waals surface area contributed by atoms with Crippen LogP contribution >= 0.6 is 0 Å². The van der Waals surface area contributed by atoms with Crippen molar-refractivity contribution in [3.63, 3.8) is 0 Å². The number of benzene rings is 2. The maximum Gasteiger partial charge on any atom is 0.573 e. The molecule has 4 saturated carbocycles. The van der Waals surface area contributed by atoms with Gasteiger partial charge in [-0.3, -0.25) is 9.69 Å². The molecule has 8 nitrogen and oxygen atoms in total. The smallest absolute Gasteiger partial charge is 0.494 e. The van der Waals surface area contributed by atoms with Gasteiger partial charge in [-0.05, 0) is 128 Å². The molecule has 1 aromatic heterocycles. The Hall–Kier alpha value is -3.86. The highest BCUT2D eigenvalue weighted by Crippen LogP contribution is 2.60. The first kappa shape index (κ1) is 32.7. The molecule has 4 bridgehead atoms. The Morgan fingerprint density at radius 3 is 2.21 bits per heavy atom. The third-order valence-electron chi connectivity index (χ3n) is 10.7. The first-order valence-electron chi connectivity index (χ1n) is 17.2. The summed E-state index contributed by atoms with van der Waals surface area (Å²) in [5, 5.41) is 8.77. The number of amides is 1. The molecule has 5 fully saturated rings. The summed E-state index contributed by atoms with van der Waals surface area (Å²) in [5.41, 5.74) is 2.74. The molecule has 11 heteroatoms. The minimum absolute atomic E-state index is 0.0738. The Kier molecular flexibility index (Phi) is 9.00. The molecule has 48 heavy (non-hydrogen) atoms. The Bertz CT molecular complexity index is 1570. The molecule has 1 saturated heterocycles. The molecule has 0 spiro atoms. The molecule has 256 valence electrons. The molecule has 1 amide bonds. The molecule has 0 N–H and O–H groups in total. The zero-order valence-corrected chi connectivity index (χ0v) is 27.7. The molecule has 2 aromatic carbocycles. The van der Waals surface area contributed by atoms with Crippen molar-refractivity contribution >= 4 is 11.7 Å². The number of hydrogen-bond acceptors (Lipinski definition) is 7. The number of alkyl halides is 3. The summed E-state index contributed by atoms with van der Waals surface area (Å²) in [6, 6.07) is 15.7. The van der Waals surface area contributed by atoms with Crippen LogP contribution in [0.4, 0.5) is 19.0 Å². The van der Waals surface area contributed by atoms with E-state index in [1.807, 2.05) is 55.3 Å². The normalized spacial score (nSPS) is 25.3. The first-order chi connectivity index (χ1) is 23.0. The summed E-state index contributed by atoms with van der Waals surface area (Å²) in [6.45, 7) is 6.37.